The number of halogens is 2. The number of aromatic nitrogens is 6. The van der Waals surface area contributed by atoms with Gasteiger partial charge in [0.05, 0.1) is 103 Å². The van der Waals surface area contributed by atoms with Gasteiger partial charge < -0.3 is 94.7 Å². The number of esters is 2. The molecule has 742 valence electrons. The maximum absolute atomic E-state index is 12.4. The van der Waals surface area contributed by atoms with Crippen molar-refractivity contribution in [2.45, 2.75) is 169 Å². The minimum atomic E-state index is -0.579. The summed E-state index contributed by atoms with van der Waals surface area (Å²) in [6.45, 7) is 29.7. The lowest BCUT2D eigenvalue weighted by Crippen LogP contribution is -2.41. The van der Waals surface area contributed by atoms with Gasteiger partial charge in [-0.05, 0) is 205 Å². The maximum atomic E-state index is 12.4. The van der Waals surface area contributed by atoms with E-state index in [0.29, 0.717) is 180 Å². The first-order valence-corrected chi connectivity index (χ1v) is 45.8. The van der Waals surface area contributed by atoms with Crippen molar-refractivity contribution >= 4 is 99.9 Å². The Morgan fingerprint density at radius 3 is 1.31 bits per heavy atom. The average molecular weight is 1970 g/mol. The minimum absolute atomic E-state index is 0. The van der Waals surface area contributed by atoms with Gasteiger partial charge in [-0.1, -0.05) is 29.8 Å². The average Bonchev–Trinajstić information content (AvgIpc) is 1.60. The van der Waals surface area contributed by atoms with Crippen molar-refractivity contribution in [3.05, 3.63) is 185 Å². The minimum Gasteiger partial charge on any atom is -0.494 e. The summed E-state index contributed by atoms with van der Waals surface area (Å²) in [4.78, 5) is 91.9. The molecule has 12 aromatic rings. The number of fused-ring (bicyclic) bond motifs is 3. The molecule has 0 bridgehead atoms. The summed E-state index contributed by atoms with van der Waals surface area (Å²) in [7, 11) is 7.31. The first-order valence-electron chi connectivity index (χ1n) is 45.4. The van der Waals surface area contributed by atoms with E-state index in [2.05, 4.69) is 60.4 Å². The number of rotatable bonds is 20. The van der Waals surface area contributed by atoms with Crippen LogP contribution in [-0.4, -0.2) is 234 Å². The zero-order chi connectivity index (χ0) is 101. The molecule has 4 atom stereocenters. The Morgan fingerprint density at radius 1 is 0.532 bits per heavy atom. The molecule has 5 saturated heterocycles. The predicted octanol–water partition coefficient (Wildman–Crippen LogP) is 18.5. The Hall–Kier alpha value is -14.2. The van der Waals surface area contributed by atoms with Crippen molar-refractivity contribution < 1.29 is 109 Å². The fraction of sp³-hybridized carbons (Fsp3) is 0.392. The molecule has 0 saturated carbocycles. The van der Waals surface area contributed by atoms with Crippen molar-refractivity contribution in [1.29, 1.82) is 15.8 Å². The van der Waals surface area contributed by atoms with Crippen LogP contribution in [0, 0.1) is 34.0 Å². The molecular weight excluding hydrogens is 1860 g/mol. The Balaban J connectivity index is 0.000000178. The summed E-state index contributed by atoms with van der Waals surface area (Å²) in [6, 6.07) is 38.2. The molecule has 3 aromatic carbocycles. The number of hydrogen-bond donors (Lipinski definition) is 3. The van der Waals surface area contributed by atoms with Gasteiger partial charge in [-0.2, -0.15) is 15.8 Å². The molecule has 17 rings (SSSR count). The predicted molar refractivity (Wildman–Crippen MR) is 526 cm³/mol. The number of ether oxygens (including phenoxy) is 11. The summed E-state index contributed by atoms with van der Waals surface area (Å²) in [6.07, 6.45) is 13.5. The highest BCUT2D eigenvalue weighted by atomic mass is 35.5. The number of benzene rings is 3. The number of carbonyl (C=O) groups is 5. The van der Waals surface area contributed by atoms with Gasteiger partial charge in [0, 0.05) is 120 Å². The highest BCUT2D eigenvalue weighted by Gasteiger charge is 2.52. The molecule has 5 aliphatic rings. The van der Waals surface area contributed by atoms with Crippen LogP contribution in [0.1, 0.15) is 170 Å². The Morgan fingerprint density at radius 2 is 0.936 bits per heavy atom. The smallest absolute Gasteiger partial charge is 0.494 e. The molecule has 0 spiro atoms. The monoisotopic (exact) mass is 1970 g/mol. The van der Waals surface area contributed by atoms with Gasteiger partial charge in [0.15, 0.2) is 34.0 Å². The van der Waals surface area contributed by atoms with Gasteiger partial charge >= 0.3 is 31.2 Å². The van der Waals surface area contributed by atoms with E-state index in [0.717, 1.165) is 53.8 Å². The number of nitriles is 3. The first kappa shape index (κ1) is 107. The van der Waals surface area contributed by atoms with Crippen LogP contribution in [0.4, 0.5) is 9.59 Å². The number of likely N-dealkylation sites (tertiary alicyclic amines) is 2. The molecule has 3 amide bonds. The SMILES string of the molecule is CC(C)(C)OC(=O)N1CCC(Oc2ccc(B3OC(C)(C)C(C)(C)O3)cc2C#N)C1.CC1CCCO1.CCOC(=O)c1cnc(-c2cc3nccc(-c4ccc(OC5CCN(C(=O)OC(C)(C)C)C5)c(C#N)c4)c3o2)c(OC)c1.CCOC(=O)c1cnc(-c2cc3nccc(Cl)c3o2)c(OC)c1.COc1cc(C(=O)N(C)C)cnc1-c1cc2nccc(-c3ccc(OC4CCNC4)c(C#N)c3)c2o1.Cl.OO. The van der Waals surface area contributed by atoms with Gasteiger partial charge in [0.25, 0.3) is 5.91 Å². The summed E-state index contributed by atoms with van der Waals surface area (Å²) in [5.41, 5.74) is 8.70. The lowest BCUT2D eigenvalue weighted by molar-refractivity contribution is -0.176. The van der Waals surface area contributed by atoms with Crippen LogP contribution in [0.2, 0.25) is 5.02 Å². The Kier molecular flexibility index (Phi) is 36.2. The normalized spacial score (nSPS) is 16.4. The van der Waals surface area contributed by atoms with Gasteiger partial charge in [0.1, 0.15) is 116 Å². The van der Waals surface area contributed by atoms with Crippen LogP contribution in [0.3, 0.4) is 0 Å². The first-order chi connectivity index (χ1) is 66.9. The molecule has 4 unspecified atom stereocenters. The van der Waals surface area contributed by atoms with Crippen LogP contribution < -0.4 is 39.2 Å². The fourth-order valence-electron chi connectivity index (χ4n) is 15.2. The number of nitrogens with one attached hydrogen (secondary N) is 1. The molecule has 141 heavy (non-hydrogen) atoms. The van der Waals surface area contributed by atoms with Gasteiger partial charge in [-0.15, -0.1) is 12.4 Å². The molecule has 5 fully saturated rings. The summed E-state index contributed by atoms with van der Waals surface area (Å²) in [5.74, 6) is 2.83. The lowest BCUT2D eigenvalue weighted by Gasteiger charge is -2.32. The molecule has 39 heteroatoms. The second kappa shape index (κ2) is 47.6. The number of nitrogens with zero attached hydrogens (tertiary/aromatic N) is 12. The fourth-order valence-corrected chi connectivity index (χ4v) is 15.4. The number of furan rings is 3. The maximum Gasteiger partial charge on any atom is 0.494 e. The van der Waals surface area contributed by atoms with E-state index in [4.69, 9.17) is 96.8 Å². The third kappa shape index (κ3) is 26.7. The topological polar surface area (TPSA) is 456 Å². The van der Waals surface area contributed by atoms with Crippen LogP contribution in [0.5, 0.6) is 34.5 Å². The van der Waals surface area contributed by atoms with Crippen LogP contribution in [0.25, 0.3) is 89.9 Å². The highest BCUT2D eigenvalue weighted by molar-refractivity contribution is 6.62. The Bertz CT molecular complexity index is 6570. The third-order valence-corrected chi connectivity index (χ3v) is 23.2. The number of hydrogen-bond acceptors (Lipinski definition) is 33. The summed E-state index contributed by atoms with van der Waals surface area (Å²) < 4.78 is 90.9. The van der Waals surface area contributed by atoms with Crippen molar-refractivity contribution in [2.24, 2.45) is 0 Å². The molecule has 14 heterocycles. The van der Waals surface area contributed by atoms with E-state index >= 15 is 0 Å². The quantitative estimate of drug-likeness (QED) is 0.0210. The van der Waals surface area contributed by atoms with Crippen LogP contribution >= 0.6 is 24.0 Å². The second-order valence-corrected chi connectivity index (χ2v) is 36.4. The summed E-state index contributed by atoms with van der Waals surface area (Å²) in [5, 5.41) is 45.1. The zero-order valence-electron chi connectivity index (χ0n) is 81.8. The molecular formula is C102H114BCl2N13O23. The highest BCUT2D eigenvalue weighted by Crippen LogP contribution is 2.43. The van der Waals surface area contributed by atoms with Crippen molar-refractivity contribution in [3.63, 3.8) is 0 Å². The molecule has 9 aromatic heterocycles. The molecule has 5 aliphatic heterocycles. The van der Waals surface area contributed by atoms with E-state index in [1.165, 1.54) is 57.7 Å². The molecule has 0 radical (unpaired) electrons. The van der Waals surface area contributed by atoms with E-state index < -0.39 is 41.5 Å². The Labute approximate surface area is 827 Å². The van der Waals surface area contributed by atoms with Crippen molar-refractivity contribution in [1.82, 2.24) is 49.9 Å². The molecule has 3 N–H and O–H groups in total. The number of amides is 3. The third-order valence-electron chi connectivity index (χ3n) is 22.9. The number of methoxy groups -OCH3 is 3. The molecule has 0 aliphatic carbocycles. The van der Waals surface area contributed by atoms with E-state index in [9.17, 15) is 39.8 Å². The van der Waals surface area contributed by atoms with Gasteiger partial charge in [-0.25, -0.2) is 34.1 Å². The van der Waals surface area contributed by atoms with Crippen LogP contribution in [-0.2, 0) is 33.0 Å². The number of carbonyl (C=O) groups excluding carboxylic acids is 5. The van der Waals surface area contributed by atoms with E-state index in [-0.39, 0.29) is 67.6 Å². The van der Waals surface area contributed by atoms with Crippen LogP contribution in [0.15, 0.2) is 160 Å². The standard InChI is InChI=1S/C32H32N4O7.C27H25N5O4.C22H31BN2O5.C16H13ClN2O4.C5H10O.ClH.H2O2/c1-6-40-30(37)21-14-26(39-5)28(35-17-21)27-15-24-29(42-27)23(9-11-34-24)19-7-8-25(20(13-19)16-33)41-22-10-12-36(18-22)31(38)43-32(2,3)4;1-32(2)27(33)18-11-23(34-3)25(31-14-18)24-12-21-26(36-24)20(7-9-30-21)16-4-5-22(17(10-16)13-28)35-19-6-8-29-15-19;1-20(2,3)28-19(26)25-11-10-17(14-25)27-18-9-8-16(12-15(18)13-24)23-29-21(4,5)22(6,7)30-23;1-3-22-16(20)9-6-12(21-2)14(19-8-9)13-7-11-15(23-13)10(17)4-5-18-11;1-5-3-2-4-6-5;;1-2/h7-9,11,13-15,17,22H,6,10,12,18H2,1-5H3;4-5,7,9-12,14,19,29H,6,8,15H2,1-3H3;8-9,12,17H,10-11,14H2,1-7H3;4-8H,3H2,1-2H3;5H,2-4H2,1H3;1H;1-2H. The molecule has 36 nitrogen and oxygen atoms in total. The van der Waals surface area contributed by atoms with Crippen molar-refractivity contribution in [3.8, 4) is 109 Å². The number of pyridine rings is 6. The second-order valence-electron chi connectivity index (χ2n) is 36.0. The summed E-state index contributed by atoms with van der Waals surface area (Å²) >= 11 is 6.09. The van der Waals surface area contributed by atoms with E-state index in [1.54, 1.807) is 135 Å². The van der Waals surface area contributed by atoms with Crippen molar-refractivity contribution in [2.75, 3.05) is 94.5 Å². The largest absolute Gasteiger partial charge is 0.494 e. The lowest BCUT2D eigenvalue weighted by atomic mass is 9.78. The van der Waals surface area contributed by atoms with Gasteiger partial charge in [-0.3, -0.25) is 30.3 Å². The zero-order valence-corrected chi connectivity index (χ0v) is 83.3. The van der Waals surface area contributed by atoms with Gasteiger partial charge in [0.2, 0.25) is 0 Å². The van der Waals surface area contributed by atoms with E-state index in [1.807, 2.05) is 99.6 Å².